The second kappa shape index (κ2) is 4.76. The summed E-state index contributed by atoms with van der Waals surface area (Å²) in [6.45, 7) is 5.82. The van der Waals surface area contributed by atoms with Crippen LogP contribution in [0.1, 0.15) is 52.9 Å². The van der Waals surface area contributed by atoms with E-state index >= 15 is 0 Å². The molecule has 4 aliphatic rings. The first-order chi connectivity index (χ1) is 8.90. The maximum Gasteiger partial charge on any atom is 0.332 e. The molecule has 4 fully saturated rings. The lowest BCUT2D eigenvalue weighted by molar-refractivity contribution is -0.173. The summed E-state index contributed by atoms with van der Waals surface area (Å²) in [5.41, 5.74) is -0.412. The standard InChI is InChI=1S/C16H26O3/c1-16(2,3)19-14(17)9-18-15-12-5-10-4-11(7-12)8-13(15)6-10/h10-13,15H,4-9H2,1-3H3. The van der Waals surface area contributed by atoms with Gasteiger partial charge in [0, 0.05) is 0 Å². The van der Waals surface area contributed by atoms with Crippen molar-refractivity contribution in [1.82, 2.24) is 0 Å². The second-order valence-corrected chi connectivity index (χ2v) is 7.79. The fourth-order valence-corrected chi connectivity index (χ4v) is 4.68. The van der Waals surface area contributed by atoms with Crippen molar-refractivity contribution in [1.29, 1.82) is 0 Å². The molecular formula is C16H26O3. The highest BCUT2D eigenvalue weighted by Gasteiger charge is 2.48. The van der Waals surface area contributed by atoms with E-state index in [2.05, 4.69) is 0 Å². The summed E-state index contributed by atoms with van der Waals surface area (Å²) >= 11 is 0. The summed E-state index contributed by atoms with van der Waals surface area (Å²) in [6.07, 6.45) is 7.07. The molecule has 0 aromatic carbocycles. The third kappa shape index (κ3) is 2.96. The number of rotatable bonds is 3. The van der Waals surface area contributed by atoms with Crippen LogP contribution in [0.15, 0.2) is 0 Å². The molecule has 0 radical (unpaired) electrons. The Labute approximate surface area is 116 Å². The predicted molar refractivity (Wildman–Crippen MR) is 72.6 cm³/mol. The van der Waals surface area contributed by atoms with Crippen LogP contribution in [-0.4, -0.2) is 24.3 Å². The van der Waals surface area contributed by atoms with Gasteiger partial charge in [-0.3, -0.25) is 0 Å². The zero-order valence-electron chi connectivity index (χ0n) is 12.4. The van der Waals surface area contributed by atoms with E-state index in [0.29, 0.717) is 17.9 Å². The minimum atomic E-state index is -0.412. The van der Waals surface area contributed by atoms with Crippen LogP contribution in [0.4, 0.5) is 0 Å². The van der Waals surface area contributed by atoms with Gasteiger partial charge in [-0.05, 0) is 76.5 Å². The molecule has 0 N–H and O–H groups in total. The molecule has 0 heterocycles. The van der Waals surface area contributed by atoms with E-state index in [1.165, 1.54) is 32.1 Å². The Morgan fingerprint density at radius 2 is 1.53 bits per heavy atom. The van der Waals surface area contributed by atoms with Crippen LogP contribution in [-0.2, 0) is 14.3 Å². The summed E-state index contributed by atoms with van der Waals surface area (Å²) in [4.78, 5) is 11.7. The molecule has 3 nitrogen and oxygen atoms in total. The third-order valence-electron chi connectivity index (χ3n) is 4.95. The molecule has 0 atom stereocenters. The van der Waals surface area contributed by atoms with E-state index in [1.54, 1.807) is 0 Å². The summed E-state index contributed by atoms with van der Waals surface area (Å²) in [5, 5.41) is 0. The minimum Gasteiger partial charge on any atom is -0.458 e. The third-order valence-corrected chi connectivity index (χ3v) is 4.95. The van der Waals surface area contributed by atoms with Crippen molar-refractivity contribution in [2.45, 2.75) is 64.6 Å². The first kappa shape index (κ1) is 13.4. The summed E-state index contributed by atoms with van der Waals surface area (Å²) in [6, 6.07) is 0. The molecule has 0 aliphatic heterocycles. The Balaban J connectivity index is 1.52. The molecule has 0 spiro atoms. The highest BCUT2D eigenvalue weighted by molar-refractivity contribution is 5.71. The first-order valence-corrected chi connectivity index (χ1v) is 7.74. The van der Waals surface area contributed by atoms with Gasteiger partial charge in [0.15, 0.2) is 0 Å². The highest BCUT2D eigenvalue weighted by atomic mass is 16.6. The van der Waals surface area contributed by atoms with E-state index in [0.717, 1.165) is 11.8 Å². The van der Waals surface area contributed by atoms with Gasteiger partial charge in [-0.15, -0.1) is 0 Å². The molecule has 4 saturated carbocycles. The monoisotopic (exact) mass is 266 g/mol. The minimum absolute atomic E-state index is 0.129. The van der Waals surface area contributed by atoms with Crippen molar-refractivity contribution < 1.29 is 14.3 Å². The lowest BCUT2D eigenvalue weighted by atomic mass is 9.55. The van der Waals surface area contributed by atoms with Crippen molar-refractivity contribution in [2.24, 2.45) is 23.7 Å². The van der Waals surface area contributed by atoms with Gasteiger partial charge in [-0.25, -0.2) is 4.79 Å². The summed E-state index contributed by atoms with van der Waals surface area (Å²) in [7, 11) is 0. The van der Waals surface area contributed by atoms with Gasteiger partial charge in [0.25, 0.3) is 0 Å². The van der Waals surface area contributed by atoms with Crippen LogP contribution in [0.25, 0.3) is 0 Å². The lowest BCUT2D eigenvalue weighted by Crippen LogP contribution is -2.49. The number of ether oxygens (including phenoxy) is 2. The van der Waals surface area contributed by atoms with E-state index in [-0.39, 0.29) is 12.6 Å². The normalized spacial score (nSPS) is 40.5. The van der Waals surface area contributed by atoms with Crippen LogP contribution in [0.5, 0.6) is 0 Å². The summed E-state index contributed by atoms with van der Waals surface area (Å²) in [5.74, 6) is 3.09. The van der Waals surface area contributed by atoms with E-state index in [9.17, 15) is 4.79 Å². The van der Waals surface area contributed by atoms with Crippen molar-refractivity contribution in [3.05, 3.63) is 0 Å². The molecule has 19 heavy (non-hydrogen) atoms. The zero-order valence-corrected chi connectivity index (χ0v) is 12.4. The Kier molecular flexibility index (Phi) is 3.36. The molecule has 0 aromatic heterocycles. The quantitative estimate of drug-likeness (QED) is 0.736. The first-order valence-electron chi connectivity index (χ1n) is 7.74. The van der Waals surface area contributed by atoms with Crippen molar-refractivity contribution in [2.75, 3.05) is 6.61 Å². The topological polar surface area (TPSA) is 35.5 Å². The molecule has 4 bridgehead atoms. The summed E-state index contributed by atoms with van der Waals surface area (Å²) < 4.78 is 11.3. The highest BCUT2D eigenvalue weighted by Crippen LogP contribution is 2.54. The van der Waals surface area contributed by atoms with Gasteiger partial charge in [-0.1, -0.05) is 0 Å². The Bertz CT molecular complexity index is 327. The van der Waals surface area contributed by atoms with Gasteiger partial charge < -0.3 is 9.47 Å². The van der Waals surface area contributed by atoms with Gasteiger partial charge in [0.1, 0.15) is 12.2 Å². The van der Waals surface area contributed by atoms with Gasteiger partial charge >= 0.3 is 5.97 Å². The fourth-order valence-electron chi connectivity index (χ4n) is 4.68. The van der Waals surface area contributed by atoms with E-state index in [1.807, 2.05) is 20.8 Å². The number of carbonyl (C=O) groups excluding carboxylic acids is 1. The SMILES string of the molecule is CC(C)(C)OC(=O)COC1C2CC3CC(C2)CC1C3. The molecule has 4 aliphatic carbocycles. The van der Waals surface area contributed by atoms with Crippen LogP contribution >= 0.6 is 0 Å². The van der Waals surface area contributed by atoms with Crippen molar-refractivity contribution >= 4 is 5.97 Å². The number of hydrogen-bond acceptors (Lipinski definition) is 3. The predicted octanol–water partition coefficient (Wildman–Crippen LogP) is 3.17. The van der Waals surface area contributed by atoms with Crippen LogP contribution in [0.3, 0.4) is 0 Å². The molecule has 0 amide bonds. The molecule has 0 aromatic rings. The zero-order chi connectivity index (χ0) is 13.6. The largest absolute Gasteiger partial charge is 0.458 e. The average molecular weight is 266 g/mol. The molecular weight excluding hydrogens is 240 g/mol. The van der Waals surface area contributed by atoms with Crippen LogP contribution in [0.2, 0.25) is 0 Å². The maximum atomic E-state index is 11.7. The van der Waals surface area contributed by atoms with E-state index < -0.39 is 5.60 Å². The van der Waals surface area contributed by atoms with Gasteiger partial charge in [-0.2, -0.15) is 0 Å². The number of esters is 1. The fraction of sp³-hybridized carbons (Fsp3) is 0.938. The Morgan fingerprint density at radius 3 is 2.00 bits per heavy atom. The average Bonchev–Trinajstić information content (AvgIpc) is 2.24. The van der Waals surface area contributed by atoms with Gasteiger partial charge in [0.2, 0.25) is 0 Å². The molecule has 0 unspecified atom stereocenters. The molecule has 108 valence electrons. The Morgan fingerprint density at radius 1 is 1.00 bits per heavy atom. The van der Waals surface area contributed by atoms with Crippen LogP contribution in [0, 0.1) is 23.7 Å². The smallest absolute Gasteiger partial charge is 0.332 e. The molecule has 0 saturated heterocycles. The lowest BCUT2D eigenvalue weighted by Gasteiger charge is -2.53. The molecule has 3 heteroatoms. The van der Waals surface area contributed by atoms with Crippen LogP contribution < -0.4 is 0 Å². The second-order valence-electron chi connectivity index (χ2n) is 7.79. The van der Waals surface area contributed by atoms with Crippen molar-refractivity contribution in [3.8, 4) is 0 Å². The van der Waals surface area contributed by atoms with Gasteiger partial charge in [0.05, 0.1) is 6.10 Å². The van der Waals surface area contributed by atoms with Crippen molar-refractivity contribution in [3.63, 3.8) is 0 Å². The number of hydrogen-bond donors (Lipinski definition) is 0. The number of carbonyl (C=O) groups is 1. The Hall–Kier alpha value is -0.570. The van der Waals surface area contributed by atoms with E-state index in [4.69, 9.17) is 9.47 Å². The maximum absolute atomic E-state index is 11.7. The molecule has 4 rings (SSSR count).